The highest BCUT2D eigenvalue weighted by Crippen LogP contribution is 2.29. The Morgan fingerprint density at radius 2 is 1.97 bits per heavy atom. The minimum Gasteiger partial charge on any atom is -0.335 e. The summed E-state index contributed by atoms with van der Waals surface area (Å²) in [5, 5.41) is 11.5. The Hall–Kier alpha value is -2.19. The Morgan fingerprint density at radius 3 is 2.65 bits per heavy atom. The first-order chi connectivity index (χ1) is 15.2. The molecule has 0 unspecified atom stereocenters. The lowest BCUT2D eigenvalue weighted by atomic mass is 9.94. The first kappa shape index (κ1) is 22.0. The van der Waals surface area contributed by atoms with Crippen molar-refractivity contribution < 1.29 is 9.18 Å². The minimum atomic E-state index is -0.254. The summed E-state index contributed by atoms with van der Waals surface area (Å²) in [6.07, 6.45) is 5.60. The van der Waals surface area contributed by atoms with Gasteiger partial charge in [-0.3, -0.25) is 4.79 Å². The van der Waals surface area contributed by atoms with E-state index < -0.39 is 0 Å². The number of nitrogens with zero attached hydrogens (tertiary/aromatic N) is 4. The molecule has 4 rings (SSSR count). The van der Waals surface area contributed by atoms with E-state index in [2.05, 4.69) is 21.7 Å². The number of hydrogen-bond acceptors (Lipinski definition) is 5. The van der Waals surface area contributed by atoms with E-state index in [1.807, 2.05) is 22.4 Å². The third-order valence-corrected chi connectivity index (χ3v) is 7.52. The molecule has 2 heterocycles. The molecule has 1 fully saturated rings. The van der Waals surface area contributed by atoms with Crippen LogP contribution in [0.25, 0.3) is 10.7 Å². The molecule has 0 bridgehead atoms. The largest absolute Gasteiger partial charge is 0.335 e. The van der Waals surface area contributed by atoms with Gasteiger partial charge in [-0.1, -0.05) is 49.2 Å². The van der Waals surface area contributed by atoms with Crippen LogP contribution in [0.4, 0.5) is 4.39 Å². The maximum absolute atomic E-state index is 13.3. The number of carbonyl (C=O) groups excluding carboxylic acids is 1. The molecule has 1 amide bonds. The average Bonchev–Trinajstić information content (AvgIpc) is 3.47. The van der Waals surface area contributed by atoms with Crippen molar-refractivity contribution in [2.45, 2.75) is 63.3 Å². The van der Waals surface area contributed by atoms with E-state index in [0.29, 0.717) is 12.3 Å². The Labute approximate surface area is 190 Å². The van der Waals surface area contributed by atoms with Crippen molar-refractivity contribution in [3.63, 3.8) is 0 Å². The van der Waals surface area contributed by atoms with Crippen LogP contribution < -0.4 is 0 Å². The molecule has 2 aromatic heterocycles. The van der Waals surface area contributed by atoms with Gasteiger partial charge in [0, 0.05) is 19.1 Å². The molecule has 164 valence electrons. The number of benzene rings is 1. The minimum absolute atomic E-state index is 0.101. The van der Waals surface area contributed by atoms with Crippen molar-refractivity contribution in [3.05, 3.63) is 53.2 Å². The summed E-state index contributed by atoms with van der Waals surface area (Å²) in [6, 6.07) is 10.8. The van der Waals surface area contributed by atoms with Gasteiger partial charge in [0.2, 0.25) is 5.91 Å². The standard InChI is InChI=1S/C23H27FN4OS2/c1-2-27-22(20-9-6-14-30-20)25-26-23(27)31-16-21(29)28(19-7-4-3-5-8-19)15-17-10-12-18(24)13-11-17/h6,9-14,19H,2-5,7-8,15-16H2,1H3. The fourth-order valence-electron chi connectivity index (χ4n) is 4.08. The Kier molecular flexibility index (Phi) is 7.40. The lowest BCUT2D eigenvalue weighted by Gasteiger charge is -2.34. The van der Waals surface area contributed by atoms with Gasteiger partial charge in [0.25, 0.3) is 0 Å². The monoisotopic (exact) mass is 458 g/mol. The number of thioether (sulfide) groups is 1. The van der Waals surface area contributed by atoms with Crippen molar-refractivity contribution in [3.8, 4) is 10.7 Å². The maximum Gasteiger partial charge on any atom is 0.233 e. The fraction of sp³-hybridized carbons (Fsp3) is 0.435. The van der Waals surface area contributed by atoms with Crippen LogP contribution in [0.3, 0.4) is 0 Å². The first-order valence-electron chi connectivity index (χ1n) is 10.8. The van der Waals surface area contributed by atoms with E-state index in [-0.39, 0.29) is 17.8 Å². The van der Waals surface area contributed by atoms with Crippen LogP contribution in [0, 0.1) is 5.82 Å². The fourth-order valence-corrected chi connectivity index (χ4v) is 5.68. The normalized spacial score (nSPS) is 14.6. The molecule has 8 heteroatoms. The van der Waals surface area contributed by atoms with Crippen molar-refractivity contribution in [2.75, 3.05) is 5.75 Å². The molecular weight excluding hydrogens is 431 g/mol. The Morgan fingerprint density at radius 1 is 1.19 bits per heavy atom. The number of aromatic nitrogens is 3. The predicted octanol–water partition coefficient (Wildman–Crippen LogP) is 5.62. The third kappa shape index (κ3) is 5.36. The van der Waals surface area contributed by atoms with Gasteiger partial charge in [-0.15, -0.1) is 21.5 Å². The highest BCUT2D eigenvalue weighted by Gasteiger charge is 2.26. The summed E-state index contributed by atoms with van der Waals surface area (Å²) in [4.78, 5) is 16.4. The zero-order chi connectivity index (χ0) is 21.6. The molecule has 1 aliphatic carbocycles. The van der Waals surface area contributed by atoms with Crippen LogP contribution in [0.15, 0.2) is 46.9 Å². The number of carbonyl (C=O) groups is 1. The van der Waals surface area contributed by atoms with Crippen LogP contribution in [0.5, 0.6) is 0 Å². The SMILES string of the molecule is CCn1c(SCC(=O)N(Cc2ccc(F)cc2)C2CCCCC2)nnc1-c1cccs1. The number of thiophene rings is 1. The van der Waals surface area contributed by atoms with Gasteiger partial charge in [-0.05, 0) is 48.9 Å². The Bertz CT molecular complexity index is 982. The summed E-state index contributed by atoms with van der Waals surface area (Å²) < 4.78 is 15.4. The van der Waals surface area contributed by atoms with Crippen molar-refractivity contribution in [1.82, 2.24) is 19.7 Å². The predicted molar refractivity (Wildman–Crippen MR) is 124 cm³/mol. The molecule has 1 saturated carbocycles. The first-order valence-corrected chi connectivity index (χ1v) is 12.7. The number of hydrogen-bond donors (Lipinski definition) is 0. The zero-order valence-corrected chi connectivity index (χ0v) is 19.3. The second-order valence-corrected chi connectivity index (χ2v) is 9.65. The highest BCUT2D eigenvalue weighted by molar-refractivity contribution is 7.99. The quantitative estimate of drug-likeness (QED) is 0.411. The molecule has 0 saturated heterocycles. The van der Waals surface area contributed by atoms with Gasteiger partial charge < -0.3 is 9.47 Å². The van der Waals surface area contributed by atoms with Gasteiger partial charge in [0.15, 0.2) is 11.0 Å². The van der Waals surface area contributed by atoms with Gasteiger partial charge >= 0.3 is 0 Å². The van der Waals surface area contributed by atoms with E-state index >= 15 is 0 Å². The van der Waals surface area contributed by atoms with Gasteiger partial charge in [-0.2, -0.15) is 0 Å². The van der Waals surface area contributed by atoms with Crippen LogP contribution in [-0.2, 0) is 17.9 Å². The summed E-state index contributed by atoms with van der Waals surface area (Å²) >= 11 is 3.08. The highest BCUT2D eigenvalue weighted by atomic mass is 32.2. The lowest BCUT2D eigenvalue weighted by Crippen LogP contribution is -2.42. The van der Waals surface area contributed by atoms with Crippen LogP contribution >= 0.6 is 23.1 Å². The van der Waals surface area contributed by atoms with E-state index in [1.54, 1.807) is 23.5 Å². The Balaban J connectivity index is 1.47. The van der Waals surface area contributed by atoms with Crippen LogP contribution in [-0.4, -0.2) is 37.4 Å². The molecule has 0 aliphatic heterocycles. The smallest absolute Gasteiger partial charge is 0.233 e. The topological polar surface area (TPSA) is 51.0 Å². The second-order valence-electron chi connectivity index (χ2n) is 7.76. The molecule has 0 radical (unpaired) electrons. The van der Waals surface area contributed by atoms with E-state index in [1.165, 1.54) is 30.3 Å². The van der Waals surface area contributed by atoms with Crippen molar-refractivity contribution >= 4 is 29.0 Å². The maximum atomic E-state index is 13.3. The van der Waals surface area contributed by atoms with E-state index in [9.17, 15) is 9.18 Å². The lowest BCUT2D eigenvalue weighted by molar-refractivity contribution is -0.132. The molecule has 0 atom stereocenters. The third-order valence-electron chi connectivity index (χ3n) is 5.70. The van der Waals surface area contributed by atoms with Crippen LogP contribution in [0.2, 0.25) is 0 Å². The van der Waals surface area contributed by atoms with Gasteiger partial charge in [0.05, 0.1) is 10.6 Å². The van der Waals surface area contributed by atoms with Gasteiger partial charge in [0.1, 0.15) is 5.82 Å². The zero-order valence-electron chi connectivity index (χ0n) is 17.7. The van der Waals surface area contributed by atoms with Crippen LogP contribution in [0.1, 0.15) is 44.6 Å². The van der Waals surface area contributed by atoms with Crippen molar-refractivity contribution in [1.29, 1.82) is 0 Å². The number of halogens is 1. The van der Waals surface area contributed by atoms with Gasteiger partial charge in [-0.25, -0.2) is 4.39 Å². The number of amides is 1. The molecular formula is C23H27FN4OS2. The second kappa shape index (κ2) is 10.4. The molecule has 5 nitrogen and oxygen atoms in total. The molecule has 0 spiro atoms. The summed E-state index contributed by atoms with van der Waals surface area (Å²) in [5.41, 5.74) is 0.960. The van der Waals surface area contributed by atoms with E-state index in [0.717, 1.165) is 53.6 Å². The van der Waals surface area contributed by atoms with Crippen molar-refractivity contribution in [2.24, 2.45) is 0 Å². The summed E-state index contributed by atoms with van der Waals surface area (Å²) in [5.74, 6) is 1.02. The summed E-state index contributed by atoms with van der Waals surface area (Å²) in [6.45, 7) is 3.33. The summed E-state index contributed by atoms with van der Waals surface area (Å²) in [7, 11) is 0. The molecule has 0 N–H and O–H groups in total. The molecule has 3 aromatic rings. The number of rotatable bonds is 8. The molecule has 31 heavy (non-hydrogen) atoms. The molecule has 1 aliphatic rings. The molecule has 1 aromatic carbocycles. The van der Waals surface area contributed by atoms with E-state index in [4.69, 9.17) is 0 Å². The average molecular weight is 459 g/mol.